The topological polar surface area (TPSA) is 168 Å². The van der Waals surface area contributed by atoms with Crippen LogP contribution >= 0.6 is 11.8 Å². The van der Waals surface area contributed by atoms with Crippen molar-refractivity contribution in [3.05, 3.63) is 23.3 Å². The van der Waals surface area contributed by atoms with Gasteiger partial charge in [-0.1, -0.05) is 20.8 Å². The van der Waals surface area contributed by atoms with E-state index in [1.807, 2.05) is 6.92 Å². The van der Waals surface area contributed by atoms with Gasteiger partial charge in [-0.25, -0.2) is 4.79 Å². The van der Waals surface area contributed by atoms with Crippen LogP contribution in [0.15, 0.2) is 12.1 Å². The fraction of sp³-hybridized carbons (Fsp3) is 0.522. The molecule has 0 aliphatic carbocycles. The molecule has 1 aromatic carbocycles. The van der Waals surface area contributed by atoms with Gasteiger partial charge in [-0.2, -0.15) is 11.8 Å². The Kier molecular flexibility index (Phi) is 12.1. The predicted octanol–water partition coefficient (Wildman–Crippen LogP) is 1.37. The van der Waals surface area contributed by atoms with Crippen LogP contribution in [0.1, 0.15) is 43.1 Å². The van der Waals surface area contributed by atoms with Crippen LogP contribution in [0.2, 0.25) is 0 Å². The fourth-order valence-electron chi connectivity index (χ4n) is 3.18. The van der Waals surface area contributed by atoms with Crippen molar-refractivity contribution < 1.29 is 43.7 Å². The maximum Gasteiger partial charge on any atom is 0.336 e. The molecule has 1 rings (SSSR count). The van der Waals surface area contributed by atoms with E-state index >= 15 is 0 Å². The lowest BCUT2D eigenvalue weighted by molar-refractivity contribution is -0.140. The van der Waals surface area contributed by atoms with Crippen molar-refractivity contribution in [2.75, 3.05) is 25.7 Å². The number of aliphatic carboxylic acids is 1. The summed E-state index contributed by atoms with van der Waals surface area (Å²) in [6.45, 7) is 5.19. The lowest BCUT2D eigenvalue weighted by atomic mass is 10.00. The molecular formula is C23H32N2O9S. The monoisotopic (exact) mass is 512 g/mol. The Labute approximate surface area is 207 Å². The number of methoxy groups -OCH3 is 2. The summed E-state index contributed by atoms with van der Waals surface area (Å²) in [5, 5.41) is 23.7. The summed E-state index contributed by atoms with van der Waals surface area (Å²) < 4.78 is 10.3. The number of carbonyl (C=O) groups is 5. The van der Waals surface area contributed by atoms with Crippen molar-refractivity contribution in [3.8, 4) is 11.5 Å². The van der Waals surface area contributed by atoms with Gasteiger partial charge in [-0.05, 0) is 29.4 Å². The number of ketones is 1. The second kappa shape index (κ2) is 14.2. The molecule has 1 aromatic rings. The lowest BCUT2D eigenvalue weighted by Gasteiger charge is -2.25. The Hall–Kier alpha value is -3.28. The van der Waals surface area contributed by atoms with Crippen molar-refractivity contribution in [1.82, 2.24) is 10.6 Å². The summed E-state index contributed by atoms with van der Waals surface area (Å²) in [4.78, 5) is 60.9. The van der Waals surface area contributed by atoms with E-state index in [2.05, 4.69) is 10.6 Å². The van der Waals surface area contributed by atoms with Gasteiger partial charge < -0.3 is 30.3 Å². The zero-order valence-corrected chi connectivity index (χ0v) is 21.2. The number of carboxylic acid groups (broad SMARTS) is 2. The number of thioether (sulfide) groups is 1. The smallest absolute Gasteiger partial charge is 0.336 e. The highest BCUT2D eigenvalue weighted by molar-refractivity contribution is 7.99. The van der Waals surface area contributed by atoms with Gasteiger partial charge in [-0.15, -0.1) is 0 Å². The molecule has 0 heterocycles. The van der Waals surface area contributed by atoms with Gasteiger partial charge in [0.25, 0.3) is 0 Å². The van der Waals surface area contributed by atoms with E-state index in [1.54, 1.807) is 13.8 Å². The molecule has 0 saturated carbocycles. The second-order valence-electron chi connectivity index (χ2n) is 7.90. The van der Waals surface area contributed by atoms with E-state index < -0.39 is 54.0 Å². The highest BCUT2D eigenvalue weighted by atomic mass is 32.2. The summed E-state index contributed by atoms with van der Waals surface area (Å²) >= 11 is 1.30. The molecule has 0 bridgehead atoms. The number of hydrogen-bond acceptors (Lipinski definition) is 8. The van der Waals surface area contributed by atoms with Crippen LogP contribution in [0.3, 0.4) is 0 Å². The third kappa shape index (κ3) is 9.12. The van der Waals surface area contributed by atoms with Crippen LogP contribution in [0, 0.1) is 5.92 Å². The minimum atomic E-state index is -1.27. The molecule has 12 heteroatoms. The number of benzene rings is 1. The molecule has 0 saturated heterocycles. The molecule has 0 aliphatic heterocycles. The molecule has 0 radical (unpaired) electrons. The summed E-state index contributed by atoms with van der Waals surface area (Å²) in [7, 11) is 2.72. The van der Waals surface area contributed by atoms with Gasteiger partial charge in [0.05, 0.1) is 44.4 Å². The van der Waals surface area contributed by atoms with Crippen molar-refractivity contribution in [2.24, 2.45) is 5.92 Å². The number of rotatable bonds is 15. The maximum absolute atomic E-state index is 12.9. The van der Waals surface area contributed by atoms with Crippen molar-refractivity contribution in [1.29, 1.82) is 0 Å². The molecule has 0 aromatic heterocycles. The lowest BCUT2D eigenvalue weighted by Crippen LogP contribution is -2.54. The van der Waals surface area contributed by atoms with Crippen molar-refractivity contribution in [2.45, 2.75) is 45.7 Å². The Morgan fingerprint density at radius 1 is 1.00 bits per heavy atom. The average molecular weight is 513 g/mol. The highest BCUT2D eigenvalue weighted by Gasteiger charge is 2.30. The molecule has 2 unspecified atom stereocenters. The van der Waals surface area contributed by atoms with E-state index in [1.165, 1.54) is 38.1 Å². The Bertz CT molecular complexity index is 949. The minimum Gasteiger partial charge on any atom is -0.493 e. The summed E-state index contributed by atoms with van der Waals surface area (Å²) in [6.07, 6.45) is -0.954. The van der Waals surface area contributed by atoms with Gasteiger partial charge in [0.15, 0.2) is 17.3 Å². The molecule has 11 nitrogen and oxygen atoms in total. The maximum atomic E-state index is 12.9. The highest BCUT2D eigenvalue weighted by Crippen LogP contribution is 2.31. The zero-order valence-electron chi connectivity index (χ0n) is 20.4. The molecule has 2 amide bonds. The molecule has 0 aliphatic rings. The first-order valence-electron chi connectivity index (χ1n) is 10.8. The van der Waals surface area contributed by atoms with Crippen LogP contribution < -0.4 is 20.1 Å². The predicted molar refractivity (Wildman–Crippen MR) is 129 cm³/mol. The molecule has 2 atom stereocenters. The zero-order chi connectivity index (χ0) is 26.7. The number of carbonyl (C=O) groups excluding carboxylic acids is 3. The van der Waals surface area contributed by atoms with E-state index in [4.69, 9.17) is 14.6 Å². The quantitative estimate of drug-likeness (QED) is 0.269. The number of hydrogen-bond donors (Lipinski definition) is 4. The Morgan fingerprint density at radius 2 is 1.60 bits per heavy atom. The first kappa shape index (κ1) is 29.8. The van der Waals surface area contributed by atoms with Gasteiger partial charge in [0.2, 0.25) is 11.8 Å². The summed E-state index contributed by atoms with van der Waals surface area (Å²) in [5.74, 6) is -3.59. The molecule has 35 heavy (non-hydrogen) atoms. The third-order valence-electron chi connectivity index (χ3n) is 4.99. The van der Waals surface area contributed by atoms with Gasteiger partial charge in [0.1, 0.15) is 6.04 Å². The fourth-order valence-corrected chi connectivity index (χ4v) is 3.79. The van der Waals surface area contributed by atoms with Crippen LogP contribution in [-0.4, -0.2) is 77.6 Å². The normalized spacial score (nSPS) is 12.4. The second-order valence-corrected chi connectivity index (χ2v) is 9.17. The van der Waals surface area contributed by atoms with E-state index in [0.29, 0.717) is 5.75 Å². The van der Waals surface area contributed by atoms with E-state index in [-0.39, 0.29) is 34.8 Å². The summed E-state index contributed by atoms with van der Waals surface area (Å²) in [6, 6.07) is 0.298. The number of aromatic carboxylic acids is 1. The number of amides is 2. The Morgan fingerprint density at radius 3 is 2.09 bits per heavy atom. The molecule has 0 spiro atoms. The standard InChI is InChI=1S/C23H32N2O9S/c1-6-35-11-16(26)15(10-20(28)29)24-22(30)21(12(2)3)25-19(27)8-13-7-17(33-4)18(34-5)9-14(13)23(31)32/h7,9,12,15,21H,6,8,10-11H2,1-5H3,(H,24,30)(H,25,27)(H,28,29)(H,31,32). The number of Topliss-reactive ketones (excluding diaryl/α,β-unsaturated/α-hetero) is 1. The van der Waals surface area contributed by atoms with Gasteiger partial charge >= 0.3 is 11.9 Å². The SMILES string of the molecule is CCSCC(=O)C(CC(=O)O)NC(=O)C(NC(=O)Cc1cc(OC)c(OC)cc1C(=O)O)C(C)C. The van der Waals surface area contributed by atoms with Gasteiger partial charge in [0, 0.05) is 0 Å². The van der Waals surface area contributed by atoms with Crippen molar-refractivity contribution in [3.63, 3.8) is 0 Å². The Balaban J connectivity index is 3.07. The van der Waals surface area contributed by atoms with Crippen LogP contribution in [0.25, 0.3) is 0 Å². The molecule has 0 fully saturated rings. The van der Waals surface area contributed by atoms with Crippen LogP contribution in [0.4, 0.5) is 0 Å². The first-order valence-corrected chi connectivity index (χ1v) is 12.0. The molecular weight excluding hydrogens is 480 g/mol. The average Bonchev–Trinajstić information content (AvgIpc) is 2.79. The number of carboxylic acids is 2. The van der Waals surface area contributed by atoms with Crippen LogP contribution in [0.5, 0.6) is 11.5 Å². The van der Waals surface area contributed by atoms with E-state index in [9.17, 15) is 29.1 Å². The summed E-state index contributed by atoms with van der Waals surface area (Å²) in [5.41, 5.74) is -0.0185. The largest absolute Gasteiger partial charge is 0.493 e. The van der Waals surface area contributed by atoms with Gasteiger partial charge in [-0.3, -0.25) is 19.2 Å². The van der Waals surface area contributed by atoms with Crippen molar-refractivity contribution >= 4 is 41.3 Å². The van der Waals surface area contributed by atoms with Crippen LogP contribution in [-0.2, 0) is 25.6 Å². The molecule has 194 valence electrons. The van der Waals surface area contributed by atoms with E-state index in [0.717, 1.165) is 0 Å². The molecule has 4 N–H and O–H groups in total. The number of nitrogens with one attached hydrogen (secondary N) is 2. The number of ether oxygens (including phenoxy) is 2. The minimum absolute atomic E-state index is 0.0463. The third-order valence-corrected chi connectivity index (χ3v) is 5.89. The first-order chi connectivity index (χ1) is 16.4.